The van der Waals surface area contributed by atoms with Crippen LogP contribution in [-0.4, -0.2) is 5.91 Å². The number of carbonyl (C=O) groups is 1. The van der Waals surface area contributed by atoms with Crippen LogP contribution in [-0.2, 0) is 0 Å². The smallest absolute Gasteiger partial charge is 0.248 e. The summed E-state index contributed by atoms with van der Waals surface area (Å²) in [6.07, 6.45) is 0. The number of hydrogen-bond donors (Lipinski definition) is 3. The van der Waals surface area contributed by atoms with Crippen LogP contribution in [0.25, 0.3) is 0 Å². The fourth-order valence-electron chi connectivity index (χ4n) is 1.64. The Kier molecular flexibility index (Phi) is 3.76. The molecule has 0 bridgehead atoms. The first-order chi connectivity index (χ1) is 8.97. The number of anilines is 3. The lowest BCUT2D eigenvalue weighted by atomic mass is 10.1. The highest BCUT2D eigenvalue weighted by atomic mass is 79.9. The van der Waals surface area contributed by atoms with Crippen molar-refractivity contribution in [2.45, 2.75) is 6.92 Å². The van der Waals surface area contributed by atoms with E-state index in [0.717, 1.165) is 15.7 Å². The molecule has 2 aromatic carbocycles. The Bertz CT molecular complexity index is 641. The van der Waals surface area contributed by atoms with Gasteiger partial charge in [0.15, 0.2) is 0 Å². The molecule has 2 rings (SSSR count). The molecular formula is C14H14BrN3O. The molecule has 0 saturated heterocycles. The number of amides is 1. The van der Waals surface area contributed by atoms with Gasteiger partial charge in [-0.15, -0.1) is 0 Å². The molecular weight excluding hydrogens is 306 g/mol. The van der Waals surface area contributed by atoms with Gasteiger partial charge in [-0.25, -0.2) is 0 Å². The third-order valence-corrected chi connectivity index (χ3v) is 3.64. The number of halogens is 1. The number of carbonyl (C=O) groups excluding carboxylic acids is 1. The van der Waals surface area contributed by atoms with E-state index in [4.69, 9.17) is 11.5 Å². The molecule has 0 aliphatic heterocycles. The number of aryl methyl sites for hydroxylation is 1. The van der Waals surface area contributed by atoms with Crippen molar-refractivity contribution in [2.75, 3.05) is 11.1 Å². The monoisotopic (exact) mass is 319 g/mol. The summed E-state index contributed by atoms with van der Waals surface area (Å²) < 4.78 is 1.00. The number of nitrogens with two attached hydrogens (primary N) is 2. The lowest BCUT2D eigenvalue weighted by Crippen LogP contribution is -2.11. The summed E-state index contributed by atoms with van der Waals surface area (Å²) in [5.74, 6) is -0.479. The fraction of sp³-hybridized carbons (Fsp3) is 0.0714. The van der Waals surface area contributed by atoms with Crippen molar-refractivity contribution in [3.63, 3.8) is 0 Å². The Morgan fingerprint density at radius 2 is 1.95 bits per heavy atom. The van der Waals surface area contributed by atoms with Crippen LogP contribution in [0.3, 0.4) is 0 Å². The van der Waals surface area contributed by atoms with Crippen molar-refractivity contribution < 1.29 is 4.79 Å². The number of nitrogens with one attached hydrogen (secondary N) is 1. The van der Waals surface area contributed by atoms with Gasteiger partial charge in [0.25, 0.3) is 0 Å². The number of primary amides is 1. The molecule has 0 aliphatic carbocycles. The minimum Gasteiger partial charge on any atom is -0.397 e. The molecule has 0 saturated carbocycles. The minimum absolute atomic E-state index is 0.419. The lowest BCUT2D eigenvalue weighted by Gasteiger charge is -2.11. The van der Waals surface area contributed by atoms with Crippen molar-refractivity contribution >= 4 is 38.9 Å². The van der Waals surface area contributed by atoms with E-state index in [2.05, 4.69) is 21.2 Å². The summed E-state index contributed by atoms with van der Waals surface area (Å²) >= 11 is 3.47. The van der Waals surface area contributed by atoms with Crippen LogP contribution in [0.15, 0.2) is 40.9 Å². The molecule has 5 N–H and O–H groups in total. The fourth-order valence-corrected chi connectivity index (χ4v) is 2.02. The molecule has 0 unspecified atom stereocenters. The maximum atomic E-state index is 11.2. The van der Waals surface area contributed by atoms with Gasteiger partial charge < -0.3 is 16.8 Å². The van der Waals surface area contributed by atoms with Gasteiger partial charge in [-0.1, -0.05) is 22.0 Å². The molecule has 5 heteroatoms. The van der Waals surface area contributed by atoms with Crippen molar-refractivity contribution in [1.29, 1.82) is 0 Å². The summed E-state index contributed by atoms with van der Waals surface area (Å²) in [5.41, 5.74) is 14.8. The number of rotatable bonds is 3. The Balaban J connectivity index is 2.34. The van der Waals surface area contributed by atoms with Crippen molar-refractivity contribution in [1.82, 2.24) is 0 Å². The van der Waals surface area contributed by atoms with E-state index in [1.165, 1.54) is 0 Å². The molecule has 2 aromatic rings. The molecule has 0 spiro atoms. The highest BCUT2D eigenvalue weighted by Crippen LogP contribution is 2.27. The summed E-state index contributed by atoms with van der Waals surface area (Å²) in [7, 11) is 0. The zero-order chi connectivity index (χ0) is 14.0. The first kappa shape index (κ1) is 13.4. The van der Waals surface area contributed by atoms with Crippen LogP contribution in [0.4, 0.5) is 17.1 Å². The van der Waals surface area contributed by atoms with E-state index >= 15 is 0 Å². The second kappa shape index (κ2) is 5.32. The SMILES string of the molecule is Cc1ccc(Nc2cc(C(N)=O)ccc2N)cc1Br. The standard InChI is InChI=1S/C14H14BrN3O/c1-8-2-4-10(7-11(8)15)18-13-6-9(14(17)19)3-5-12(13)16/h2-7,18H,16H2,1H3,(H2,17,19). The van der Waals surface area contributed by atoms with Crippen LogP contribution < -0.4 is 16.8 Å². The molecule has 98 valence electrons. The van der Waals surface area contributed by atoms with Crippen molar-refractivity contribution in [3.05, 3.63) is 52.0 Å². The maximum absolute atomic E-state index is 11.2. The third-order valence-electron chi connectivity index (χ3n) is 2.79. The Morgan fingerprint density at radius 1 is 1.21 bits per heavy atom. The third kappa shape index (κ3) is 3.06. The minimum atomic E-state index is -0.479. The number of benzene rings is 2. The largest absolute Gasteiger partial charge is 0.397 e. The molecule has 0 fully saturated rings. The first-order valence-corrected chi connectivity index (χ1v) is 6.49. The second-order valence-corrected chi connectivity index (χ2v) is 5.11. The van der Waals surface area contributed by atoms with Gasteiger partial charge in [-0.05, 0) is 42.8 Å². The van der Waals surface area contributed by atoms with Gasteiger partial charge in [-0.2, -0.15) is 0 Å². The predicted octanol–water partition coefficient (Wildman–Crippen LogP) is 3.18. The van der Waals surface area contributed by atoms with Crippen molar-refractivity contribution in [3.8, 4) is 0 Å². The van der Waals surface area contributed by atoms with Crippen LogP contribution in [0.5, 0.6) is 0 Å². The quantitative estimate of drug-likeness (QED) is 0.760. The highest BCUT2D eigenvalue weighted by molar-refractivity contribution is 9.10. The zero-order valence-electron chi connectivity index (χ0n) is 10.4. The lowest BCUT2D eigenvalue weighted by molar-refractivity contribution is 0.100. The molecule has 0 heterocycles. The molecule has 1 amide bonds. The Morgan fingerprint density at radius 3 is 2.58 bits per heavy atom. The van der Waals surface area contributed by atoms with Crippen molar-refractivity contribution in [2.24, 2.45) is 5.73 Å². The van der Waals surface area contributed by atoms with E-state index in [0.29, 0.717) is 16.9 Å². The molecule has 0 radical (unpaired) electrons. The zero-order valence-corrected chi connectivity index (χ0v) is 12.0. The van der Waals surface area contributed by atoms with Gasteiger partial charge in [0, 0.05) is 15.7 Å². The molecule has 0 aliphatic rings. The van der Waals surface area contributed by atoms with Gasteiger partial charge in [0.1, 0.15) is 0 Å². The Hall–Kier alpha value is -2.01. The summed E-state index contributed by atoms with van der Waals surface area (Å²) in [5, 5.41) is 3.17. The van der Waals surface area contributed by atoms with Crippen LogP contribution >= 0.6 is 15.9 Å². The topological polar surface area (TPSA) is 81.1 Å². The molecule has 4 nitrogen and oxygen atoms in total. The summed E-state index contributed by atoms with van der Waals surface area (Å²) in [6, 6.07) is 10.8. The van der Waals surface area contributed by atoms with Gasteiger partial charge in [0.05, 0.1) is 11.4 Å². The summed E-state index contributed by atoms with van der Waals surface area (Å²) in [4.78, 5) is 11.2. The van der Waals surface area contributed by atoms with E-state index in [1.54, 1.807) is 18.2 Å². The maximum Gasteiger partial charge on any atom is 0.248 e. The molecule has 0 aromatic heterocycles. The van der Waals surface area contributed by atoms with E-state index < -0.39 is 5.91 Å². The van der Waals surface area contributed by atoms with E-state index in [9.17, 15) is 4.79 Å². The van der Waals surface area contributed by atoms with Gasteiger partial charge >= 0.3 is 0 Å². The van der Waals surface area contributed by atoms with Crippen LogP contribution in [0.2, 0.25) is 0 Å². The second-order valence-electron chi connectivity index (χ2n) is 4.26. The predicted molar refractivity (Wildman–Crippen MR) is 81.5 cm³/mol. The van der Waals surface area contributed by atoms with Gasteiger partial charge in [0.2, 0.25) is 5.91 Å². The molecule has 19 heavy (non-hydrogen) atoms. The average Bonchev–Trinajstić information content (AvgIpc) is 2.36. The van der Waals surface area contributed by atoms with E-state index in [1.807, 2.05) is 25.1 Å². The average molecular weight is 320 g/mol. The highest BCUT2D eigenvalue weighted by Gasteiger charge is 2.06. The first-order valence-electron chi connectivity index (χ1n) is 5.70. The van der Waals surface area contributed by atoms with Crippen LogP contribution in [0.1, 0.15) is 15.9 Å². The molecule has 0 atom stereocenters. The van der Waals surface area contributed by atoms with Gasteiger partial charge in [-0.3, -0.25) is 4.79 Å². The normalized spacial score (nSPS) is 10.2. The van der Waals surface area contributed by atoms with Crippen LogP contribution in [0, 0.1) is 6.92 Å². The van der Waals surface area contributed by atoms with E-state index in [-0.39, 0.29) is 0 Å². The number of hydrogen-bond acceptors (Lipinski definition) is 3. The Labute approximate surface area is 119 Å². The number of nitrogen functional groups attached to an aromatic ring is 1. The summed E-state index contributed by atoms with van der Waals surface area (Å²) in [6.45, 7) is 2.01.